The van der Waals surface area contributed by atoms with E-state index in [9.17, 15) is 4.79 Å². The molecule has 1 heterocycles. The maximum atomic E-state index is 16.6. The number of halogens is 1. The van der Waals surface area contributed by atoms with Gasteiger partial charge in [0.05, 0.1) is 51.9 Å². The van der Waals surface area contributed by atoms with E-state index < -0.39 is 55.7 Å². The summed E-state index contributed by atoms with van der Waals surface area (Å²) in [5.74, 6) is 0. The van der Waals surface area contributed by atoms with Crippen LogP contribution in [0.5, 0.6) is 0 Å². The number of carbonyl (C=O) groups excluding carboxylic acids is 1. The van der Waals surface area contributed by atoms with Crippen molar-refractivity contribution in [2.75, 3.05) is 17.6 Å². The summed E-state index contributed by atoms with van der Waals surface area (Å²) in [7, 11) is -3.66. The number of hydrogen-bond acceptors (Lipinski definition) is 10. The fourth-order valence-corrected chi connectivity index (χ4v) is 14.1. The number of rotatable bonds is 27. The summed E-state index contributed by atoms with van der Waals surface area (Å²) in [6, 6.07) is 68.3. The van der Waals surface area contributed by atoms with Crippen molar-refractivity contribution < 1.29 is 47.3 Å². The molecule has 1 aliphatic rings. The zero-order chi connectivity index (χ0) is 48.9. The minimum Gasteiger partial charge on any atom is -0.459 e. The Morgan fingerprint density at radius 3 is 1.30 bits per heavy atom. The molecule has 0 bridgehead atoms. The van der Waals surface area contributed by atoms with Gasteiger partial charge in [-0.05, 0) is 27.8 Å². The Kier molecular flexibility index (Phi) is 20.1. The predicted molar refractivity (Wildman–Crippen MR) is 284 cm³/mol. The first-order valence-corrected chi connectivity index (χ1v) is 27.2. The van der Waals surface area contributed by atoms with Crippen LogP contribution in [-0.4, -0.2) is 72.7 Å². The van der Waals surface area contributed by atoms with Crippen LogP contribution < -0.4 is 10.6 Å². The van der Waals surface area contributed by atoms with E-state index in [2.05, 4.69) is 22.6 Å². The van der Waals surface area contributed by atoms with Crippen LogP contribution in [0.15, 0.2) is 212 Å². The molecule has 71 heavy (non-hydrogen) atoms. The molecule has 1 fully saturated rings. The number of carbonyl (C=O) groups is 1. The molecule has 0 spiro atoms. The van der Waals surface area contributed by atoms with Gasteiger partial charge in [-0.2, -0.15) is 0 Å². The van der Waals surface area contributed by atoms with Crippen LogP contribution in [0, 0.1) is 0 Å². The first-order chi connectivity index (χ1) is 35.0. The second-order valence-corrected chi connectivity index (χ2v) is 21.1. The van der Waals surface area contributed by atoms with Crippen molar-refractivity contribution in [2.24, 2.45) is 0 Å². The smallest absolute Gasteiger partial charge is 0.293 e. The minimum atomic E-state index is -3.66. The van der Waals surface area contributed by atoms with Crippen LogP contribution in [0.3, 0.4) is 0 Å². The lowest BCUT2D eigenvalue weighted by Crippen LogP contribution is -2.63. The van der Waals surface area contributed by atoms with Gasteiger partial charge in [0, 0.05) is 15.0 Å². The van der Waals surface area contributed by atoms with Crippen molar-refractivity contribution in [3.05, 3.63) is 240 Å². The highest BCUT2D eigenvalue weighted by Gasteiger charge is 2.53. The first-order valence-electron chi connectivity index (χ1n) is 23.9. The molecular weight excluding hydrogens is 1030 g/mol. The molecule has 7 aromatic rings. The molecule has 0 unspecified atom stereocenters. The van der Waals surface area contributed by atoms with Crippen molar-refractivity contribution in [3.8, 4) is 0 Å². The van der Waals surface area contributed by atoms with Crippen molar-refractivity contribution in [1.82, 2.24) is 0 Å². The summed E-state index contributed by atoms with van der Waals surface area (Å²) in [6.45, 7) is 1.58. The van der Waals surface area contributed by atoms with Gasteiger partial charge in [-0.3, -0.25) is 4.79 Å². The van der Waals surface area contributed by atoms with Crippen LogP contribution in [0.2, 0.25) is 0 Å². The van der Waals surface area contributed by atoms with Gasteiger partial charge in [-0.15, -0.1) is 0 Å². The zero-order valence-corrected chi connectivity index (χ0v) is 42.5. The minimum absolute atomic E-state index is 0.0857. The third kappa shape index (κ3) is 14.4. The summed E-state index contributed by atoms with van der Waals surface area (Å²) < 4.78 is 71.5. The lowest BCUT2D eigenvalue weighted by atomic mass is 9.97. The summed E-state index contributed by atoms with van der Waals surface area (Å²) in [4.78, 5) is 12.7. The maximum Gasteiger partial charge on any atom is 0.293 e. The van der Waals surface area contributed by atoms with Crippen LogP contribution in [0.25, 0.3) is 0 Å². The SMILES string of the molecule is O=CO[C@H](COCc1ccccc1)[C@@H](O[C@@H]1O[C@H](COCc2ccccc2)[C@H](OCc2ccccc2)[C@H](OCc2ccccc2)[C@H]1OCc1ccccc1)[C@H](CI)P(=O)(c1ccccc1)c1ccccc1. The van der Waals surface area contributed by atoms with Crippen molar-refractivity contribution >= 4 is 46.8 Å². The van der Waals surface area contributed by atoms with E-state index in [1.54, 1.807) is 0 Å². The molecule has 7 aromatic carbocycles. The molecule has 0 aromatic heterocycles. The summed E-state index contributed by atoms with van der Waals surface area (Å²) >= 11 is 2.27. The number of alkyl halides is 1. The van der Waals surface area contributed by atoms with Crippen LogP contribution in [0.4, 0.5) is 0 Å². The number of benzene rings is 7. The Morgan fingerprint density at radius 1 is 0.493 bits per heavy atom. The second-order valence-electron chi connectivity index (χ2n) is 17.3. The number of hydrogen-bond donors (Lipinski definition) is 0. The molecule has 1 saturated heterocycles. The van der Waals surface area contributed by atoms with Gasteiger partial charge in [0.2, 0.25) is 0 Å². The first kappa shape index (κ1) is 52.0. The summed E-state index contributed by atoms with van der Waals surface area (Å²) in [5, 5.41) is 1.26. The lowest BCUT2D eigenvalue weighted by molar-refractivity contribution is -0.340. The Labute approximate surface area is 431 Å². The zero-order valence-electron chi connectivity index (χ0n) is 39.5. The van der Waals surface area contributed by atoms with Crippen LogP contribution in [0.1, 0.15) is 27.8 Å². The lowest BCUT2D eigenvalue weighted by Gasteiger charge is -2.48. The maximum absolute atomic E-state index is 16.6. The Hall–Kier alpha value is -5.31. The standard InChI is InChI=1S/C59H60IO10P/c60-36-54(71(62,50-32-18-6-19-33-50)51-34-20-7-21-35-51)55(52(68-44-61)42-63-37-45-22-8-1-9-23-45)70-59-58(67-41-49-30-16-5-17-31-49)57(66-40-48-28-14-4-15-29-48)56(65-39-47-26-12-3-13-27-47)53(69-59)43-64-38-46-24-10-2-11-25-46/h1-35,44,52-59H,36-43H2/t52-,53-,54+,55-,56+,57+,58-,59+/m1/s1. The molecule has 0 amide bonds. The van der Waals surface area contributed by atoms with Gasteiger partial charge in [0.25, 0.3) is 6.47 Å². The van der Waals surface area contributed by atoms with Gasteiger partial charge < -0.3 is 42.5 Å². The Bertz CT molecular complexity index is 2580. The van der Waals surface area contributed by atoms with Crippen molar-refractivity contribution in [2.45, 2.75) is 81.6 Å². The van der Waals surface area contributed by atoms with Gasteiger partial charge in [-0.25, -0.2) is 0 Å². The Morgan fingerprint density at radius 2 is 0.873 bits per heavy atom. The van der Waals surface area contributed by atoms with E-state index in [0.29, 0.717) is 28.1 Å². The highest BCUT2D eigenvalue weighted by Crippen LogP contribution is 2.52. The molecule has 0 radical (unpaired) electrons. The normalized spacial score (nSPS) is 19.3. The molecule has 0 aliphatic carbocycles. The van der Waals surface area contributed by atoms with Crippen molar-refractivity contribution in [1.29, 1.82) is 0 Å². The van der Waals surface area contributed by atoms with E-state index in [1.807, 2.05) is 212 Å². The van der Waals surface area contributed by atoms with E-state index >= 15 is 4.57 Å². The molecular formula is C59H60IO10P. The predicted octanol–water partition coefficient (Wildman–Crippen LogP) is 10.6. The van der Waals surface area contributed by atoms with E-state index in [1.165, 1.54) is 0 Å². The number of ether oxygens (including phenoxy) is 8. The molecule has 8 atom stereocenters. The fourth-order valence-electron chi connectivity index (χ4n) is 8.81. The van der Waals surface area contributed by atoms with E-state index in [0.717, 1.165) is 27.8 Å². The summed E-state index contributed by atoms with van der Waals surface area (Å²) in [6.07, 6.45) is -6.70. The largest absolute Gasteiger partial charge is 0.459 e. The Balaban J connectivity index is 1.24. The van der Waals surface area contributed by atoms with Crippen molar-refractivity contribution in [3.63, 3.8) is 0 Å². The van der Waals surface area contributed by atoms with E-state index in [4.69, 9.17) is 37.9 Å². The van der Waals surface area contributed by atoms with Gasteiger partial charge in [0.15, 0.2) is 12.4 Å². The quantitative estimate of drug-likeness (QED) is 0.0214. The molecule has 10 nitrogen and oxygen atoms in total. The molecule has 0 saturated carbocycles. The third-order valence-electron chi connectivity index (χ3n) is 12.4. The topological polar surface area (TPSA) is 108 Å². The second kappa shape index (κ2) is 27.5. The molecule has 12 heteroatoms. The van der Waals surface area contributed by atoms with E-state index in [-0.39, 0.29) is 39.6 Å². The highest BCUT2D eigenvalue weighted by molar-refractivity contribution is 14.1. The molecule has 8 rings (SSSR count). The summed E-state index contributed by atoms with van der Waals surface area (Å²) in [5.41, 5.74) is 3.96. The average molecular weight is 1090 g/mol. The fraction of sp³-hybridized carbons (Fsp3) is 0.271. The monoisotopic (exact) mass is 1090 g/mol. The van der Waals surface area contributed by atoms with Gasteiger partial charge >= 0.3 is 0 Å². The molecule has 1 aliphatic heterocycles. The molecule has 0 N–H and O–H groups in total. The van der Waals surface area contributed by atoms with Crippen LogP contribution >= 0.6 is 29.7 Å². The third-order valence-corrected chi connectivity index (χ3v) is 17.6. The van der Waals surface area contributed by atoms with Gasteiger partial charge in [-0.1, -0.05) is 235 Å². The average Bonchev–Trinajstić information content (AvgIpc) is 3.43. The molecule has 368 valence electrons. The highest BCUT2D eigenvalue weighted by atomic mass is 127. The van der Waals surface area contributed by atoms with Gasteiger partial charge in [0.1, 0.15) is 37.7 Å². The van der Waals surface area contributed by atoms with Crippen LogP contribution in [-0.2, 0) is 80.3 Å².